The molecule has 0 heterocycles. The standard InChI is InChI=1S/C15H23O5P/c1-4-18-15(16)14-9-7-13(8-10-14)11-12-20-21(17,6-3)19-5-2/h7-10H,4-6,11-12H2,1-3H3. The first-order valence-electron chi connectivity index (χ1n) is 7.18. The third kappa shape index (κ3) is 6.00. The summed E-state index contributed by atoms with van der Waals surface area (Å²) in [6.45, 7) is 6.40. The van der Waals surface area contributed by atoms with Crippen LogP contribution in [0.1, 0.15) is 36.7 Å². The monoisotopic (exact) mass is 314 g/mol. The van der Waals surface area contributed by atoms with E-state index in [0.717, 1.165) is 5.56 Å². The van der Waals surface area contributed by atoms with Crippen LogP contribution in [-0.2, 0) is 24.8 Å². The predicted octanol–water partition coefficient (Wildman–Crippen LogP) is 3.67. The van der Waals surface area contributed by atoms with E-state index in [2.05, 4.69) is 0 Å². The Kier molecular flexibility index (Phi) is 7.65. The molecule has 118 valence electrons. The van der Waals surface area contributed by atoms with Gasteiger partial charge in [0.05, 0.1) is 25.4 Å². The van der Waals surface area contributed by atoms with Gasteiger partial charge < -0.3 is 13.8 Å². The first-order valence-corrected chi connectivity index (χ1v) is 8.91. The molecule has 1 unspecified atom stereocenters. The number of rotatable bonds is 9. The molecular formula is C15H23O5P. The minimum atomic E-state index is -2.95. The fourth-order valence-corrected chi connectivity index (χ4v) is 2.94. The molecule has 0 aliphatic rings. The fourth-order valence-electron chi connectivity index (χ4n) is 1.74. The maximum absolute atomic E-state index is 12.1. The lowest BCUT2D eigenvalue weighted by molar-refractivity contribution is 0.0526. The molecule has 0 fully saturated rings. The Hall–Kier alpha value is -1.16. The van der Waals surface area contributed by atoms with Crippen molar-refractivity contribution in [2.75, 3.05) is 26.0 Å². The van der Waals surface area contributed by atoms with E-state index in [1.165, 1.54) is 0 Å². The highest BCUT2D eigenvalue weighted by atomic mass is 31.2. The van der Waals surface area contributed by atoms with E-state index in [-0.39, 0.29) is 5.97 Å². The molecule has 1 aromatic rings. The molecule has 0 spiro atoms. The lowest BCUT2D eigenvalue weighted by atomic mass is 10.1. The predicted molar refractivity (Wildman–Crippen MR) is 81.8 cm³/mol. The van der Waals surface area contributed by atoms with Crippen LogP contribution in [0.15, 0.2) is 24.3 Å². The van der Waals surface area contributed by atoms with Gasteiger partial charge in [-0.2, -0.15) is 0 Å². The Morgan fingerprint density at radius 3 is 2.24 bits per heavy atom. The highest BCUT2D eigenvalue weighted by Gasteiger charge is 2.20. The van der Waals surface area contributed by atoms with Crippen LogP contribution in [0.3, 0.4) is 0 Å². The summed E-state index contributed by atoms with van der Waals surface area (Å²) in [5.41, 5.74) is 1.53. The fraction of sp³-hybridized carbons (Fsp3) is 0.533. The van der Waals surface area contributed by atoms with Crippen LogP contribution in [0.4, 0.5) is 0 Å². The number of ether oxygens (including phenoxy) is 1. The normalized spacial score (nSPS) is 13.7. The van der Waals surface area contributed by atoms with Crippen molar-refractivity contribution >= 4 is 13.6 Å². The highest BCUT2D eigenvalue weighted by molar-refractivity contribution is 7.53. The third-order valence-electron chi connectivity index (χ3n) is 2.86. The molecule has 0 aliphatic heterocycles. The molecule has 0 N–H and O–H groups in total. The molecular weight excluding hydrogens is 291 g/mol. The second-order valence-corrected chi connectivity index (χ2v) is 6.72. The van der Waals surface area contributed by atoms with Crippen LogP contribution in [0.5, 0.6) is 0 Å². The van der Waals surface area contributed by atoms with Gasteiger partial charge in [0, 0.05) is 6.16 Å². The summed E-state index contributed by atoms with van der Waals surface area (Å²) in [7, 11) is -2.95. The molecule has 0 radical (unpaired) electrons. The van der Waals surface area contributed by atoms with Crippen molar-refractivity contribution in [2.45, 2.75) is 27.2 Å². The van der Waals surface area contributed by atoms with Crippen molar-refractivity contribution in [3.05, 3.63) is 35.4 Å². The first-order chi connectivity index (χ1) is 10.0. The summed E-state index contributed by atoms with van der Waals surface area (Å²) >= 11 is 0. The molecule has 1 atom stereocenters. The zero-order valence-electron chi connectivity index (χ0n) is 12.8. The van der Waals surface area contributed by atoms with Crippen LogP contribution in [0, 0.1) is 0 Å². The lowest BCUT2D eigenvalue weighted by Crippen LogP contribution is -2.05. The van der Waals surface area contributed by atoms with Gasteiger partial charge in [0.2, 0.25) is 0 Å². The molecule has 0 aliphatic carbocycles. The maximum atomic E-state index is 12.1. The molecule has 1 aromatic carbocycles. The van der Waals surface area contributed by atoms with Gasteiger partial charge in [-0.05, 0) is 38.0 Å². The van der Waals surface area contributed by atoms with Gasteiger partial charge in [-0.3, -0.25) is 4.57 Å². The minimum Gasteiger partial charge on any atom is -0.462 e. The van der Waals surface area contributed by atoms with E-state index >= 15 is 0 Å². The summed E-state index contributed by atoms with van der Waals surface area (Å²) in [6.07, 6.45) is 0.975. The van der Waals surface area contributed by atoms with E-state index in [1.807, 2.05) is 12.1 Å². The Bertz CT molecular complexity index is 483. The zero-order valence-corrected chi connectivity index (χ0v) is 13.7. The average molecular weight is 314 g/mol. The van der Waals surface area contributed by atoms with Gasteiger partial charge in [0.25, 0.3) is 0 Å². The third-order valence-corrected chi connectivity index (χ3v) is 4.86. The molecule has 0 amide bonds. The molecule has 6 heteroatoms. The highest BCUT2D eigenvalue weighted by Crippen LogP contribution is 2.47. The number of carbonyl (C=O) groups excluding carboxylic acids is 1. The summed E-state index contributed by atoms with van der Waals surface area (Å²) in [6, 6.07) is 7.12. The van der Waals surface area contributed by atoms with Crippen molar-refractivity contribution < 1.29 is 23.1 Å². The van der Waals surface area contributed by atoms with E-state index < -0.39 is 7.60 Å². The molecule has 1 rings (SSSR count). The first kappa shape index (κ1) is 17.9. The second kappa shape index (κ2) is 8.98. The second-order valence-electron chi connectivity index (χ2n) is 4.35. The molecule has 0 bridgehead atoms. The van der Waals surface area contributed by atoms with E-state index in [1.54, 1.807) is 32.9 Å². The van der Waals surface area contributed by atoms with Crippen molar-refractivity contribution in [1.29, 1.82) is 0 Å². The number of benzene rings is 1. The maximum Gasteiger partial charge on any atom is 0.338 e. The van der Waals surface area contributed by atoms with Crippen LogP contribution in [0.2, 0.25) is 0 Å². The Morgan fingerprint density at radius 2 is 1.71 bits per heavy atom. The number of hydrogen-bond acceptors (Lipinski definition) is 5. The quantitative estimate of drug-likeness (QED) is 0.514. The van der Waals surface area contributed by atoms with Crippen molar-refractivity contribution in [1.82, 2.24) is 0 Å². The Balaban J connectivity index is 2.49. The summed E-state index contributed by atoms with van der Waals surface area (Å²) < 4.78 is 27.5. The van der Waals surface area contributed by atoms with Crippen LogP contribution >= 0.6 is 7.60 Å². The topological polar surface area (TPSA) is 61.8 Å². The average Bonchev–Trinajstić information content (AvgIpc) is 2.48. The lowest BCUT2D eigenvalue weighted by Gasteiger charge is -2.15. The van der Waals surface area contributed by atoms with Crippen molar-refractivity contribution in [3.63, 3.8) is 0 Å². The van der Waals surface area contributed by atoms with Gasteiger partial charge in [0.1, 0.15) is 0 Å². The number of esters is 1. The summed E-state index contributed by atoms with van der Waals surface area (Å²) in [5, 5.41) is 0. The summed E-state index contributed by atoms with van der Waals surface area (Å²) in [5.74, 6) is -0.327. The van der Waals surface area contributed by atoms with Crippen molar-refractivity contribution in [2.24, 2.45) is 0 Å². The molecule has 0 saturated carbocycles. The molecule has 0 saturated heterocycles. The van der Waals surface area contributed by atoms with Gasteiger partial charge in [0.15, 0.2) is 0 Å². The van der Waals surface area contributed by atoms with Gasteiger partial charge >= 0.3 is 13.6 Å². The van der Waals surface area contributed by atoms with E-state index in [0.29, 0.717) is 38.0 Å². The SMILES string of the molecule is CCOC(=O)c1ccc(CCOP(=O)(CC)OCC)cc1. The van der Waals surface area contributed by atoms with Crippen LogP contribution < -0.4 is 0 Å². The minimum absolute atomic E-state index is 0.323. The van der Waals surface area contributed by atoms with E-state index in [4.69, 9.17) is 13.8 Å². The molecule has 0 aromatic heterocycles. The van der Waals surface area contributed by atoms with Gasteiger partial charge in [-0.15, -0.1) is 0 Å². The number of hydrogen-bond donors (Lipinski definition) is 0. The largest absolute Gasteiger partial charge is 0.462 e. The molecule has 21 heavy (non-hydrogen) atoms. The Morgan fingerprint density at radius 1 is 1.05 bits per heavy atom. The van der Waals surface area contributed by atoms with Crippen LogP contribution in [-0.4, -0.2) is 32.0 Å². The smallest absolute Gasteiger partial charge is 0.338 e. The Labute approximate surface area is 126 Å². The summed E-state index contributed by atoms with van der Waals surface area (Å²) in [4.78, 5) is 11.5. The van der Waals surface area contributed by atoms with E-state index in [9.17, 15) is 9.36 Å². The zero-order chi connectivity index (χ0) is 15.7. The van der Waals surface area contributed by atoms with Crippen molar-refractivity contribution in [3.8, 4) is 0 Å². The van der Waals surface area contributed by atoms with Gasteiger partial charge in [-0.1, -0.05) is 19.1 Å². The van der Waals surface area contributed by atoms with Gasteiger partial charge in [-0.25, -0.2) is 4.79 Å². The van der Waals surface area contributed by atoms with Crippen LogP contribution in [0.25, 0.3) is 0 Å². The molecule has 5 nitrogen and oxygen atoms in total. The number of carbonyl (C=O) groups is 1.